The number of aliphatic imine (C=N–C) groups is 2. The number of thioether (sulfide) groups is 1. The quantitative estimate of drug-likeness (QED) is 0.0111. The van der Waals surface area contributed by atoms with Crippen molar-refractivity contribution in [2.75, 3.05) is 50.9 Å². The Kier molecular flexibility index (Phi) is 34.0. The predicted molar refractivity (Wildman–Crippen MR) is 350 cm³/mol. The molecule has 6 rings (SSSR count). The van der Waals surface area contributed by atoms with Crippen LogP contribution in [0, 0.1) is 12.8 Å². The Hall–Kier alpha value is -7.18. The zero-order chi connectivity index (χ0) is 72.4. The van der Waals surface area contributed by atoms with Gasteiger partial charge in [-0.25, -0.2) is 24.7 Å². The summed E-state index contributed by atoms with van der Waals surface area (Å²) in [6.45, 7) is 3.47. The summed E-state index contributed by atoms with van der Waals surface area (Å²) in [6.07, 6.45) is -23.8. The van der Waals surface area contributed by atoms with Crippen molar-refractivity contribution in [2.24, 2.45) is 50.3 Å². The summed E-state index contributed by atoms with van der Waals surface area (Å²) in [4.78, 5) is 135. The van der Waals surface area contributed by atoms with Crippen molar-refractivity contribution in [3.63, 3.8) is 0 Å². The number of primary amides is 3. The third kappa shape index (κ3) is 23.2. The average molecular weight is 1530 g/mol. The Bertz CT molecular complexity index is 3300. The van der Waals surface area contributed by atoms with E-state index in [1.54, 1.807) is 5.38 Å². The first-order chi connectivity index (χ1) is 46.3. The van der Waals surface area contributed by atoms with Gasteiger partial charge in [0, 0.05) is 55.7 Å². The van der Waals surface area contributed by atoms with Crippen LogP contribution in [0.3, 0.4) is 0 Å². The minimum atomic E-state index is -2.20. The Morgan fingerprint density at radius 3 is 2.11 bits per heavy atom. The van der Waals surface area contributed by atoms with Gasteiger partial charge < -0.3 is 142 Å². The number of thiazole rings is 1. The number of amides is 8. The number of aromatic nitrogens is 5. The summed E-state index contributed by atoms with van der Waals surface area (Å²) < 4.78 is 28.7. The van der Waals surface area contributed by atoms with Gasteiger partial charge in [0.15, 0.2) is 24.6 Å². The van der Waals surface area contributed by atoms with Crippen LogP contribution in [0.5, 0.6) is 0 Å². The van der Waals surface area contributed by atoms with Gasteiger partial charge in [-0.15, -0.1) is 35.5 Å². The van der Waals surface area contributed by atoms with E-state index < -0.39 is 183 Å². The number of nitrogen functional groups attached to an aromatic ring is 1. The number of anilines is 1. The van der Waals surface area contributed by atoms with Crippen LogP contribution in [0.15, 0.2) is 27.9 Å². The molecule has 45 heteroatoms. The van der Waals surface area contributed by atoms with E-state index in [9.17, 15) is 74.4 Å². The summed E-state index contributed by atoms with van der Waals surface area (Å²) in [5, 5.41) is 107. The van der Waals surface area contributed by atoms with E-state index in [-0.39, 0.29) is 95.5 Å². The average Bonchev–Trinajstić information content (AvgIpc) is 0.920. The molecule has 100 heavy (non-hydrogen) atoms. The zero-order valence-corrected chi connectivity index (χ0v) is 57.6. The third-order valence-electron chi connectivity index (χ3n) is 15.7. The second kappa shape index (κ2) is 39.9. The Balaban J connectivity index is 0.0000106. The molecule has 1 radical (unpaired) electrons. The number of halogens is 1. The molecule has 0 aromatic carbocycles. The molecule has 20 atom stereocenters. The van der Waals surface area contributed by atoms with Crippen LogP contribution in [0.25, 0.3) is 0 Å². The molecule has 3 aliphatic rings. The fraction of sp³-hybridized carbons (Fsp3) is 0.636. The fourth-order valence-electron chi connectivity index (χ4n) is 10.1. The standard InChI is InChI=1S/C55H86N20O21S2.ClH.Cu/c1-19-32(72-45(75-43(19)58)24(11-30(57)79)67-12-23(56)44(59)85)49(89)74-34(40(25-13-63-18-68-25)94-53-42(38(83)36(81)28(14-76)93-53)95-52-39(84)41(96-55(62)91)37(82)29(15-77)92-52)50(90)69-21(3)35(80)20(2)46(86)73-33(22(4)78)48(88)65-10-7-31-70-27(17-97-31)51-71-26(16-98-51)47(87)64-8-5-6-9-66-54(60)61;;/h13,16,18,20-24,27-29,33-42,52-53,67,76-78,80-84H,5-12,14-15,17,56H2,1-4H3,(H2,57,79)(H2,59,85)(H2,62,91)(H,63,68)(H,64,87)(H,65,88)(H,69,90)(H,73,86)(H,74,89)(H2,58,72,75)(H4,60,61,66);1H;/q;;+2/t20?,21?,22?,23?,24?,27?,28-,29+,33?,34?,35?,36+,37+,38-,39-,40?,41-,42-,52+,53-;;/m0../s1. The first-order valence-corrected chi connectivity index (χ1v) is 32.5. The van der Waals surface area contributed by atoms with Crippen molar-refractivity contribution >= 4 is 99.8 Å². The van der Waals surface area contributed by atoms with Crippen molar-refractivity contribution in [1.82, 2.24) is 56.8 Å². The number of nitrogens with two attached hydrogens (primary N) is 7. The largest absolute Gasteiger partial charge is 2.00 e. The van der Waals surface area contributed by atoms with E-state index in [1.807, 2.05) is 0 Å². The number of carbonyl (C=O) groups is 8. The molecule has 8 amide bonds. The van der Waals surface area contributed by atoms with Crippen LogP contribution in [0.4, 0.5) is 10.6 Å². The summed E-state index contributed by atoms with van der Waals surface area (Å²) in [5.74, 6) is -8.26. The normalized spacial score (nSPS) is 24.6. The fourth-order valence-corrected chi connectivity index (χ4v) is 12.1. The van der Waals surface area contributed by atoms with Crippen LogP contribution >= 0.6 is 35.5 Å². The van der Waals surface area contributed by atoms with Crippen LogP contribution in [0.1, 0.15) is 108 Å². The molecule has 3 aliphatic heterocycles. The van der Waals surface area contributed by atoms with Crippen LogP contribution in [-0.2, 0) is 64.7 Å². The number of guanidine groups is 1. The van der Waals surface area contributed by atoms with Gasteiger partial charge in [0.2, 0.25) is 29.5 Å². The van der Waals surface area contributed by atoms with Gasteiger partial charge in [0.1, 0.15) is 95.0 Å². The molecule has 2 saturated heterocycles. The van der Waals surface area contributed by atoms with E-state index in [1.165, 1.54) is 50.8 Å². The first-order valence-electron chi connectivity index (χ1n) is 30.6. The number of carbonyl (C=O) groups excluding carboxylic acids is 8. The minimum Gasteiger partial charge on any atom is -0.441 e. The number of aliphatic hydroxyl groups is 8. The number of H-pyrrole nitrogens is 1. The van der Waals surface area contributed by atoms with Crippen LogP contribution < -0.4 is 72.0 Å². The van der Waals surface area contributed by atoms with Gasteiger partial charge in [0.25, 0.3) is 11.8 Å². The van der Waals surface area contributed by atoms with Gasteiger partial charge in [0.05, 0.1) is 72.7 Å². The molecule has 41 nitrogen and oxygen atoms in total. The number of hydrogen-bond donors (Lipinski definition) is 22. The van der Waals surface area contributed by atoms with Crippen LogP contribution in [-0.4, -0.2) is 267 Å². The maximum atomic E-state index is 15.2. The monoisotopic (exact) mass is 1530 g/mol. The zero-order valence-electron chi connectivity index (χ0n) is 54.2. The van der Waals surface area contributed by atoms with Gasteiger partial charge in [-0.2, -0.15) is 0 Å². The topological polar surface area (TPSA) is 691 Å². The number of aliphatic hydroxyl groups excluding tert-OH is 8. The van der Waals surface area contributed by atoms with Crippen molar-refractivity contribution in [3.8, 4) is 0 Å². The number of unbranched alkanes of at least 4 members (excludes halogenated alkanes) is 1. The number of ether oxygens (including phenoxy) is 5. The van der Waals surface area contributed by atoms with Crippen molar-refractivity contribution < 1.29 is 120 Å². The smallest absolute Gasteiger partial charge is 0.441 e. The van der Waals surface area contributed by atoms with E-state index in [0.29, 0.717) is 41.7 Å². The van der Waals surface area contributed by atoms with Gasteiger partial charge in [-0.1, -0.05) is 6.92 Å². The van der Waals surface area contributed by atoms with Crippen molar-refractivity contribution in [3.05, 3.63) is 51.4 Å². The summed E-state index contributed by atoms with van der Waals surface area (Å²) in [7, 11) is 0. The molecule has 0 bridgehead atoms. The van der Waals surface area contributed by atoms with E-state index >= 15 is 4.79 Å². The molecule has 10 unspecified atom stereocenters. The maximum Gasteiger partial charge on any atom is 2.00 e. The third-order valence-corrected chi connectivity index (χ3v) is 17.7. The minimum absolute atomic E-state index is 0. The Labute approximate surface area is 595 Å². The number of nitrogens with zero attached hydrogens (tertiary/aromatic N) is 6. The molecule has 29 N–H and O–H groups in total. The predicted octanol–water partition coefficient (Wildman–Crippen LogP) is -8.59. The van der Waals surface area contributed by atoms with Gasteiger partial charge in [-0.3, -0.25) is 43.5 Å². The molecular formula is C55H87ClCuN20O21S2+2. The summed E-state index contributed by atoms with van der Waals surface area (Å²) in [6, 6.07) is -8.23. The molecule has 6 heterocycles. The first kappa shape index (κ1) is 85.2. The molecule has 0 aliphatic carbocycles. The number of rotatable bonds is 36. The second-order valence-electron chi connectivity index (χ2n) is 23.0. The number of hydrogen-bond acceptors (Lipinski definition) is 32. The van der Waals surface area contributed by atoms with E-state index in [4.69, 9.17) is 68.8 Å². The Morgan fingerprint density at radius 2 is 1.49 bits per heavy atom. The van der Waals surface area contributed by atoms with Gasteiger partial charge >= 0.3 is 23.2 Å². The van der Waals surface area contributed by atoms with E-state index in [0.717, 1.165) is 12.5 Å². The molecule has 561 valence electrons. The molecule has 0 saturated carbocycles. The maximum absolute atomic E-state index is 15.2. The second-order valence-corrected chi connectivity index (χ2v) is 25.0. The van der Waals surface area contributed by atoms with E-state index in [2.05, 4.69) is 61.8 Å². The molecular weight excluding hydrogens is 1440 g/mol. The Morgan fingerprint density at radius 1 is 0.810 bits per heavy atom. The van der Waals surface area contributed by atoms with Crippen molar-refractivity contribution in [2.45, 2.75) is 169 Å². The summed E-state index contributed by atoms with van der Waals surface area (Å²) in [5.41, 5.74) is 38.2. The number of imidazole rings is 1. The van der Waals surface area contributed by atoms with Gasteiger partial charge in [-0.05, 0) is 33.6 Å². The SMILES string of the molecule is Cc1c(N)nc(C(CC(N)=O)NCC(N)C(N)=O)nc1C(=O)NC(C(=O)NC(C)C(O)C(C)C(=O)NC(C(=O)NCCC1=NC(c2nc(C(=O)NCCCCN=C(N)N)cs2)CS1)C(C)O)C(O[C@@H]1O[C@@H](CO)[C@@H](O)[C@H](O)[C@@H]1O[C@H]1O[C@H](CO)[C@@H](O)[C@H](OC(N)=O)[C@@H]1O)c1cnc[nH]1.Cl.[Cu+2]. The molecule has 2 fully saturated rings. The number of aromatic amines is 1. The van der Waals surface area contributed by atoms with Crippen LogP contribution in [0.2, 0.25) is 0 Å². The number of nitrogens with one attached hydrogen (secondary N) is 7. The summed E-state index contributed by atoms with van der Waals surface area (Å²) >= 11 is 2.69. The molecule has 3 aromatic heterocycles. The molecule has 3 aromatic rings. The van der Waals surface area contributed by atoms with Crippen molar-refractivity contribution in [1.29, 1.82) is 0 Å². The molecule has 0 spiro atoms.